The van der Waals surface area contributed by atoms with Gasteiger partial charge in [0.25, 0.3) is 0 Å². The molecule has 102 valence electrons. The molecule has 0 amide bonds. The van der Waals surface area contributed by atoms with Gasteiger partial charge in [-0.1, -0.05) is 25.1 Å². The lowest BCUT2D eigenvalue weighted by molar-refractivity contribution is 0.195. The van der Waals surface area contributed by atoms with Crippen LogP contribution in [0.4, 0.5) is 0 Å². The van der Waals surface area contributed by atoms with Crippen molar-refractivity contribution in [1.82, 2.24) is 0 Å². The van der Waals surface area contributed by atoms with Gasteiger partial charge in [-0.25, -0.2) is 0 Å². The minimum Gasteiger partial charge on any atom is -0.457 e. The Balaban J connectivity index is 2.38. The second-order valence-corrected chi connectivity index (χ2v) is 4.64. The Morgan fingerprint density at radius 1 is 1.25 bits per heavy atom. The van der Waals surface area contributed by atoms with Gasteiger partial charge >= 0.3 is 0 Å². The zero-order valence-electron chi connectivity index (χ0n) is 11.6. The van der Waals surface area contributed by atoms with Gasteiger partial charge in [0.15, 0.2) is 0 Å². The molecule has 3 nitrogen and oxygen atoms in total. The maximum Gasteiger partial charge on any atom is 0.134 e. The third-order valence-corrected chi connectivity index (χ3v) is 3.13. The molecule has 2 aromatic carbocycles. The van der Waals surface area contributed by atoms with Gasteiger partial charge in [0.1, 0.15) is 11.5 Å². The van der Waals surface area contributed by atoms with E-state index in [9.17, 15) is 5.11 Å². The Labute approximate surface area is 119 Å². The summed E-state index contributed by atoms with van der Waals surface area (Å²) in [6.45, 7) is 3.76. The molecule has 0 fully saturated rings. The summed E-state index contributed by atoms with van der Waals surface area (Å²) in [6.07, 6.45) is 0.283. The molecule has 0 heterocycles. The fraction of sp³-hybridized carbons (Fsp3) is 0.235. The fourth-order valence-corrected chi connectivity index (χ4v) is 1.99. The van der Waals surface area contributed by atoms with Crippen molar-refractivity contribution in [3.63, 3.8) is 0 Å². The number of aryl methyl sites for hydroxylation is 1. The molecule has 0 aliphatic carbocycles. The molecule has 0 aromatic heterocycles. The van der Waals surface area contributed by atoms with Gasteiger partial charge in [-0.2, -0.15) is 5.26 Å². The van der Waals surface area contributed by atoms with Crippen molar-refractivity contribution in [2.45, 2.75) is 26.4 Å². The maximum atomic E-state index is 9.78. The number of nitriles is 1. The van der Waals surface area contributed by atoms with E-state index in [4.69, 9.17) is 10.00 Å². The van der Waals surface area contributed by atoms with Gasteiger partial charge in [-0.3, -0.25) is 0 Å². The lowest BCUT2D eigenvalue weighted by Crippen LogP contribution is -1.97. The molecule has 0 radical (unpaired) electrons. The SMILES string of the molecule is CCc1cccc(Oc2cc(C#N)ccc2[C@H](C)O)c1. The molecule has 2 aromatic rings. The number of hydrogen-bond donors (Lipinski definition) is 1. The van der Waals surface area contributed by atoms with Crippen LogP contribution < -0.4 is 4.74 Å². The van der Waals surface area contributed by atoms with E-state index >= 15 is 0 Å². The van der Waals surface area contributed by atoms with Gasteiger partial charge in [-0.15, -0.1) is 0 Å². The highest BCUT2D eigenvalue weighted by molar-refractivity contribution is 5.45. The average molecular weight is 267 g/mol. The molecule has 0 aliphatic heterocycles. The van der Waals surface area contributed by atoms with E-state index < -0.39 is 6.10 Å². The number of aliphatic hydroxyl groups is 1. The first-order valence-electron chi connectivity index (χ1n) is 6.63. The summed E-state index contributed by atoms with van der Waals surface area (Å²) in [4.78, 5) is 0. The van der Waals surface area contributed by atoms with Crippen LogP contribution in [0, 0.1) is 11.3 Å². The second-order valence-electron chi connectivity index (χ2n) is 4.64. The first kappa shape index (κ1) is 14.1. The normalized spacial score (nSPS) is 11.7. The van der Waals surface area contributed by atoms with E-state index in [-0.39, 0.29) is 0 Å². The molecule has 2 rings (SSSR count). The first-order chi connectivity index (χ1) is 9.63. The molecule has 0 bridgehead atoms. The summed E-state index contributed by atoms with van der Waals surface area (Å²) >= 11 is 0. The fourth-order valence-electron chi connectivity index (χ4n) is 1.99. The first-order valence-corrected chi connectivity index (χ1v) is 6.63. The lowest BCUT2D eigenvalue weighted by Gasteiger charge is -2.14. The van der Waals surface area contributed by atoms with Gasteiger partial charge in [-0.05, 0) is 43.2 Å². The molecule has 0 saturated carbocycles. The molecular weight excluding hydrogens is 250 g/mol. The van der Waals surface area contributed by atoms with Crippen molar-refractivity contribution < 1.29 is 9.84 Å². The van der Waals surface area contributed by atoms with E-state index in [1.165, 1.54) is 5.56 Å². The maximum absolute atomic E-state index is 9.78. The Morgan fingerprint density at radius 2 is 2.05 bits per heavy atom. The highest BCUT2D eigenvalue weighted by Gasteiger charge is 2.11. The van der Waals surface area contributed by atoms with E-state index in [1.54, 1.807) is 25.1 Å². The van der Waals surface area contributed by atoms with Gasteiger partial charge in [0.2, 0.25) is 0 Å². The van der Waals surface area contributed by atoms with Crippen molar-refractivity contribution >= 4 is 0 Å². The summed E-state index contributed by atoms with van der Waals surface area (Å²) in [5.41, 5.74) is 2.36. The van der Waals surface area contributed by atoms with E-state index in [1.807, 2.05) is 24.3 Å². The van der Waals surface area contributed by atoms with E-state index in [0.29, 0.717) is 22.6 Å². The summed E-state index contributed by atoms with van der Waals surface area (Å²) in [5.74, 6) is 1.23. The van der Waals surface area contributed by atoms with Crippen LogP contribution in [0.5, 0.6) is 11.5 Å². The zero-order valence-corrected chi connectivity index (χ0v) is 11.6. The predicted molar refractivity (Wildman–Crippen MR) is 77.7 cm³/mol. The van der Waals surface area contributed by atoms with Crippen LogP contribution >= 0.6 is 0 Å². The zero-order chi connectivity index (χ0) is 14.5. The van der Waals surface area contributed by atoms with Crippen molar-refractivity contribution in [1.29, 1.82) is 5.26 Å². The molecule has 1 atom stereocenters. The number of nitrogens with zero attached hydrogens (tertiary/aromatic N) is 1. The smallest absolute Gasteiger partial charge is 0.134 e. The van der Waals surface area contributed by atoms with Crippen LogP contribution in [-0.4, -0.2) is 5.11 Å². The summed E-state index contributed by atoms with van der Waals surface area (Å²) < 4.78 is 5.84. The van der Waals surface area contributed by atoms with Gasteiger partial charge in [0, 0.05) is 5.56 Å². The van der Waals surface area contributed by atoms with E-state index in [0.717, 1.165) is 6.42 Å². The second kappa shape index (κ2) is 6.23. The Morgan fingerprint density at radius 3 is 2.70 bits per heavy atom. The highest BCUT2D eigenvalue weighted by Crippen LogP contribution is 2.31. The van der Waals surface area contributed by atoms with Crippen molar-refractivity contribution in [3.05, 3.63) is 59.2 Å². The predicted octanol–water partition coefficient (Wildman–Crippen LogP) is 3.97. The van der Waals surface area contributed by atoms with Crippen LogP contribution in [-0.2, 0) is 6.42 Å². The molecule has 20 heavy (non-hydrogen) atoms. The van der Waals surface area contributed by atoms with Crippen LogP contribution in [0.2, 0.25) is 0 Å². The van der Waals surface area contributed by atoms with Gasteiger partial charge in [0.05, 0.1) is 17.7 Å². The Kier molecular flexibility index (Phi) is 4.39. The molecule has 0 unspecified atom stereocenters. The minimum absolute atomic E-state index is 0.510. The summed E-state index contributed by atoms with van der Waals surface area (Å²) in [6, 6.07) is 14.9. The largest absolute Gasteiger partial charge is 0.457 e. The van der Waals surface area contributed by atoms with Crippen LogP contribution in [0.25, 0.3) is 0 Å². The minimum atomic E-state index is -0.646. The number of rotatable bonds is 4. The Hall–Kier alpha value is -2.31. The molecule has 0 saturated heterocycles. The standard InChI is InChI=1S/C17H17NO2/c1-3-13-5-4-6-15(9-13)20-17-10-14(11-18)7-8-16(17)12(2)19/h4-10,12,19H,3H2,1-2H3/t12-/m0/s1. The van der Waals surface area contributed by atoms with Crippen LogP contribution in [0.1, 0.15) is 36.6 Å². The topological polar surface area (TPSA) is 53.2 Å². The van der Waals surface area contributed by atoms with Crippen molar-refractivity contribution in [2.24, 2.45) is 0 Å². The third-order valence-electron chi connectivity index (χ3n) is 3.13. The third kappa shape index (κ3) is 3.17. The number of ether oxygens (including phenoxy) is 1. The highest BCUT2D eigenvalue weighted by atomic mass is 16.5. The molecule has 0 spiro atoms. The Bertz CT molecular complexity index is 642. The summed E-state index contributed by atoms with van der Waals surface area (Å²) in [7, 11) is 0. The number of hydrogen-bond acceptors (Lipinski definition) is 3. The lowest BCUT2D eigenvalue weighted by atomic mass is 10.1. The average Bonchev–Trinajstić information content (AvgIpc) is 2.47. The number of benzene rings is 2. The van der Waals surface area contributed by atoms with Crippen LogP contribution in [0.15, 0.2) is 42.5 Å². The molecule has 1 N–H and O–H groups in total. The monoisotopic (exact) mass is 267 g/mol. The van der Waals surface area contributed by atoms with Gasteiger partial charge < -0.3 is 9.84 Å². The summed E-state index contributed by atoms with van der Waals surface area (Å²) in [5, 5.41) is 18.8. The quantitative estimate of drug-likeness (QED) is 0.912. The van der Waals surface area contributed by atoms with Crippen molar-refractivity contribution in [2.75, 3.05) is 0 Å². The number of aliphatic hydroxyl groups excluding tert-OH is 1. The van der Waals surface area contributed by atoms with E-state index in [2.05, 4.69) is 13.0 Å². The van der Waals surface area contributed by atoms with Crippen LogP contribution in [0.3, 0.4) is 0 Å². The molecule has 0 aliphatic rings. The molecular formula is C17H17NO2. The molecule has 3 heteroatoms. The van der Waals surface area contributed by atoms with Crippen molar-refractivity contribution in [3.8, 4) is 17.6 Å².